The molecule has 0 unspecified atom stereocenters. The summed E-state index contributed by atoms with van der Waals surface area (Å²) in [5, 5.41) is 3.37. The second-order valence-corrected chi connectivity index (χ2v) is 5.07. The largest absolute Gasteiger partial charge is 0.496 e. The van der Waals surface area contributed by atoms with Crippen LogP contribution in [0.15, 0.2) is 48.5 Å². The molecule has 5 heteroatoms. The van der Waals surface area contributed by atoms with Gasteiger partial charge in [0.05, 0.1) is 19.4 Å². The number of methoxy groups -OCH3 is 1. The van der Waals surface area contributed by atoms with Gasteiger partial charge in [-0.2, -0.15) is 0 Å². The third kappa shape index (κ3) is 4.76. The summed E-state index contributed by atoms with van der Waals surface area (Å²) >= 11 is 5.97. The Morgan fingerprint density at radius 1 is 1.22 bits per heavy atom. The summed E-state index contributed by atoms with van der Waals surface area (Å²) in [6.45, 7) is 2.42. The van der Waals surface area contributed by atoms with Crippen molar-refractivity contribution in [3.8, 4) is 11.5 Å². The molecular formula is C18H18ClNO3. The van der Waals surface area contributed by atoms with E-state index in [-0.39, 0.29) is 5.91 Å². The number of carbonyl (C=O) groups excluding carboxylic acids is 1. The van der Waals surface area contributed by atoms with E-state index in [0.717, 1.165) is 5.56 Å². The van der Waals surface area contributed by atoms with Crippen LogP contribution in [0.4, 0.5) is 5.69 Å². The maximum atomic E-state index is 12.1. The first-order valence-electron chi connectivity index (χ1n) is 7.18. The number of rotatable bonds is 6. The first-order chi connectivity index (χ1) is 11.1. The molecule has 1 N–H and O–H groups in total. The van der Waals surface area contributed by atoms with Gasteiger partial charge in [0, 0.05) is 16.7 Å². The average Bonchev–Trinajstić information content (AvgIpc) is 2.55. The maximum Gasteiger partial charge on any atom is 0.248 e. The maximum absolute atomic E-state index is 12.1. The molecule has 120 valence electrons. The van der Waals surface area contributed by atoms with Crippen LogP contribution in [0.25, 0.3) is 6.08 Å². The molecule has 1 amide bonds. The number of anilines is 1. The number of hydrogen-bond acceptors (Lipinski definition) is 3. The zero-order valence-corrected chi connectivity index (χ0v) is 13.8. The molecule has 0 aliphatic heterocycles. The van der Waals surface area contributed by atoms with Crippen molar-refractivity contribution in [3.63, 3.8) is 0 Å². The lowest BCUT2D eigenvalue weighted by molar-refractivity contribution is -0.111. The van der Waals surface area contributed by atoms with Crippen LogP contribution in [0.2, 0.25) is 5.02 Å². The lowest BCUT2D eigenvalue weighted by Gasteiger charge is -2.10. The van der Waals surface area contributed by atoms with E-state index in [4.69, 9.17) is 21.1 Å². The summed E-state index contributed by atoms with van der Waals surface area (Å²) in [5.74, 6) is 1.02. The summed E-state index contributed by atoms with van der Waals surface area (Å²) in [7, 11) is 1.57. The van der Waals surface area contributed by atoms with E-state index in [1.54, 1.807) is 37.5 Å². The molecule has 2 rings (SSSR count). The van der Waals surface area contributed by atoms with Crippen LogP contribution in [0, 0.1) is 0 Å². The van der Waals surface area contributed by atoms with Gasteiger partial charge < -0.3 is 14.8 Å². The summed E-state index contributed by atoms with van der Waals surface area (Å²) in [6.07, 6.45) is 3.08. The standard InChI is InChI=1S/C18H18ClNO3/c1-3-23-17-7-5-4-6-15(17)20-18(21)11-8-13-12-14(19)9-10-16(13)22-2/h4-12H,3H2,1-2H3,(H,20,21)/b11-8+. The van der Waals surface area contributed by atoms with Gasteiger partial charge in [-0.25, -0.2) is 0 Å². The van der Waals surface area contributed by atoms with Crippen LogP contribution >= 0.6 is 11.6 Å². The number of amides is 1. The SMILES string of the molecule is CCOc1ccccc1NC(=O)/C=C/c1cc(Cl)ccc1OC. The Labute approximate surface area is 140 Å². The Hall–Kier alpha value is -2.46. The third-order valence-electron chi connectivity index (χ3n) is 3.05. The molecule has 2 aromatic carbocycles. The van der Waals surface area contributed by atoms with Crippen molar-refractivity contribution >= 4 is 29.3 Å². The quantitative estimate of drug-likeness (QED) is 0.798. The number of nitrogens with one attached hydrogen (secondary N) is 1. The smallest absolute Gasteiger partial charge is 0.248 e. The second-order valence-electron chi connectivity index (χ2n) is 4.64. The minimum absolute atomic E-state index is 0.265. The van der Waals surface area contributed by atoms with Gasteiger partial charge in [-0.05, 0) is 43.3 Å². The minimum Gasteiger partial charge on any atom is -0.496 e. The molecular weight excluding hydrogens is 314 g/mol. The molecule has 4 nitrogen and oxygen atoms in total. The van der Waals surface area contributed by atoms with E-state index in [1.807, 2.05) is 25.1 Å². The van der Waals surface area contributed by atoms with Gasteiger partial charge in [-0.1, -0.05) is 23.7 Å². The highest BCUT2D eigenvalue weighted by Crippen LogP contribution is 2.25. The Morgan fingerprint density at radius 2 is 2.00 bits per heavy atom. The molecule has 0 saturated carbocycles. The molecule has 0 aliphatic rings. The van der Waals surface area contributed by atoms with Crippen molar-refractivity contribution in [2.45, 2.75) is 6.92 Å². The third-order valence-corrected chi connectivity index (χ3v) is 3.29. The van der Waals surface area contributed by atoms with Gasteiger partial charge in [-0.3, -0.25) is 4.79 Å². The van der Waals surface area contributed by atoms with E-state index < -0.39 is 0 Å². The van der Waals surface area contributed by atoms with Gasteiger partial charge in [0.25, 0.3) is 0 Å². The molecule has 0 radical (unpaired) electrons. The van der Waals surface area contributed by atoms with Crippen LogP contribution < -0.4 is 14.8 Å². The van der Waals surface area contributed by atoms with Crippen LogP contribution in [-0.2, 0) is 4.79 Å². The Morgan fingerprint density at radius 3 is 2.74 bits per heavy atom. The van der Waals surface area contributed by atoms with Crippen molar-refractivity contribution in [2.75, 3.05) is 19.0 Å². The Balaban J connectivity index is 2.12. The Kier molecular flexibility index (Phi) is 6.06. The predicted octanol–water partition coefficient (Wildman–Crippen LogP) is 4.40. The first-order valence-corrected chi connectivity index (χ1v) is 7.56. The van der Waals surface area contributed by atoms with Crippen molar-refractivity contribution in [2.24, 2.45) is 0 Å². The highest BCUT2D eigenvalue weighted by atomic mass is 35.5. The minimum atomic E-state index is -0.265. The number of ether oxygens (including phenoxy) is 2. The van der Waals surface area contributed by atoms with Gasteiger partial charge in [0.2, 0.25) is 5.91 Å². The highest BCUT2D eigenvalue weighted by molar-refractivity contribution is 6.30. The molecule has 0 atom stereocenters. The van der Waals surface area contributed by atoms with Crippen LogP contribution in [0.3, 0.4) is 0 Å². The van der Waals surface area contributed by atoms with Crippen LogP contribution in [-0.4, -0.2) is 19.6 Å². The van der Waals surface area contributed by atoms with E-state index in [2.05, 4.69) is 5.32 Å². The number of halogens is 1. The zero-order valence-electron chi connectivity index (χ0n) is 13.0. The summed E-state index contributed by atoms with van der Waals surface area (Å²) in [4.78, 5) is 12.1. The first kappa shape index (κ1) is 16.9. The summed E-state index contributed by atoms with van der Waals surface area (Å²) in [6, 6.07) is 12.5. The molecule has 0 saturated heterocycles. The molecule has 0 aliphatic carbocycles. The number of benzene rings is 2. The zero-order chi connectivity index (χ0) is 16.7. The fourth-order valence-electron chi connectivity index (χ4n) is 2.03. The molecule has 0 bridgehead atoms. The fourth-order valence-corrected chi connectivity index (χ4v) is 2.21. The van der Waals surface area contributed by atoms with Crippen molar-refractivity contribution < 1.29 is 14.3 Å². The number of carbonyl (C=O) groups is 1. The number of hydrogen-bond donors (Lipinski definition) is 1. The summed E-state index contributed by atoms with van der Waals surface area (Å²) in [5.41, 5.74) is 1.36. The lowest BCUT2D eigenvalue weighted by Crippen LogP contribution is -2.09. The van der Waals surface area contributed by atoms with Gasteiger partial charge in [-0.15, -0.1) is 0 Å². The molecule has 2 aromatic rings. The van der Waals surface area contributed by atoms with E-state index in [1.165, 1.54) is 6.08 Å². The molecule has 0 heterocycles. The van der Waals surface area contributed by atoms with Crippen LogP contribution in [0.1, 0.15) is 12.5 Å². The van der Waals surface area contributed by atoms with Crippen molar-refractivity contribution in [1.82, 2.24) is 0 Å². The van der Waals surface area contributed by atoms with Crippen molar-refractivity contribution in [1.29, 1.82) is 0 Å². The van der Waals surface area contributed by atoms with Gasteiger partial charge in [0.1, 0.15) is 11.5 Å². The highest BCUT2D eigenvalue weighted by Gasteiger charge is 2.06. The van der Waals surface area contributed by atoms with Gasteiger partial charge in [0.15, 0.2) is 0 Å². The fraction of sp³-hybridized carbons (Fsp3) is 0.167. The van der Waals surface area contributed by atoms with Gasteiger partial charge >= 0.3 is 0 Å². The van der Waals surface area contributed by atoms with E-state index >= 15 is 0 Å². The normalized spacial score (nSPS) is 10.6. The average molecular weight is 332 g/mol. The van der Waals surface area contributed by atoms with E-state index in [9.17, 15) is 4.79 Å². The Bertz CT molecular complexity index is 713. The van der Waals surface area contributed by atoms with Crippen molar-refractivity contribution in [3.05, 3.63) is 59.1 Å². The molecule has 0 spiro atoms. The monoisotopic (exact) mass is 331 g/mol. The molecule has 0 aromatic heterocycles. The topological polar surface area (TPSA) is 47.6 Å². The summed E-state index contributed by atoms with van der Waals surface area (Å²) < 4.78 is 10.7. The molecule has 23 heavy (non-hydrogen) atoms. The number of para-hydroxylation sites is 2. The predicted molar refractivity (Wildman–Crippen MR) is 93.3 cm³/mol. The lowest BCUT2D eigenvalue weighted by atomic mass is 10.2. The second kappa shape index (κ2) is 8.25. The van der Waals surface area contributed by atoms with Crippen LogP contribution in [0.5, 0.6) is 11.5 Å². The molecule has 0 fully saturated rings. The van der Waals surface area contributed by atoms with E-state index in [0.29, 0.717) is 28.8 Å².